The van der Waals surface area contributed by atoms with Crippen molar-refractivity contribution in [1.29, 1.82) is 0 Å². The summed E-state index contributed by atoms with van der Waals surface area (Å²) in [6, 6.07) is 8.42. The van der Waals surface area contributed by atoms with Gasteiger partial charge in [-0.15, -0.1) is 0 Å². The molecule has 7 nitrogen and oxygen atoms in total. The Bertz CT molecular complexity index is 878. The minimum Gasteiger partial charge on any atom is -0.336 e. The van der Waals surface area contributed by atoms with Gasteiger partial charge >= 0.3 is 6.03 Å². The van der Waals surface area contributed by atoms with Gasteiger partial charge in [0.2, 0.25) is 10.0 Å². The highest BCUT2D eigenvalue weighted by Crippen LogP contribution is 2.27. The van der Waals surface area contributed by atoms with Crippen LogP contribution in [-0.4, -0.2) is 60.9 Å². The highest BCUT2D eigenvalue weighted by atomic mass is 32.2. The van der Waals surface area contributed by atoms with Crippen LogP contribution < -0.4 is 5.32 Å². The third-order valence-electron chi connectivity index (χ3n) is 4.42. The van der Waals surface area contributed by atoms with E-state index in [-0.39, 0.29) is 17.0 Å². The van der Waals surface area contributed by atoms with Crippen molar-refractivity contribution >= 4 is 27.0 Å². The second kappa shape index (κ2) is 5.17. The number of hydrogen-bond acceptors (Lipinski definition) is 4. The van der Waals surface area contributed by atoms with Gasteiger partial charge in [-0.2, -0.15) is 4.31 Å². The number of nitrogens with one attached hydrogen (secondary N) is 1. The molecule has 8 heteroatoms. The van der Waals surface area contributed by atoms with Crippen LogP contribution in [-0.2, 0) is 10.0 Å². The smallest absolute Gasteiger partial charge is 0.317 e. The van der Waals surface area contributed by atoms with Crippen molar-refractivity contribution in [3.05, 3.63) is 36.5 Å². The number of rotatable bonds is 2. The van der Waals surface area contributed by atoms with E-state index in [4.69, 9.17) is 0 Å². The lowest BCUT2D eigenvalue weighted by Gasteiger charge is -2.35. The molecule has 0 unspecified atom stereocenters. The van der Waals surface area contributed by atoms with Crippen molar-refractivity contribution in [1.82, 2.24) is 19.5 Å². The van der Waals surface area contributed by atoms with E-state index < -0.39 is 10.0 Å². The van der Waals surface area contributed by atoms with Crippen LogP contribution in [0.25, 0.3) is 10.9 Å². The number of benzene rings is 1. The fraction of sp³-hybridized carbons (Fsp3) is 0.333. The Morgan fingerprint density at radius 3 is 2.91 bits per heavy atom. The van der Waals surface area contributed by atoms with Crippen molar-refractivity contribution in [2.24, 2.45) is 0 Å². The third kappa shape index (κ3) is 2.25. The molecule has 0 radical (unpaired) electrons. The molecule has 2 amide bonds. The number of urea groups is 1. The molecule has 4 rings (SSSR count). The normalized spacial score (nSPS) is 22.2. The number of carbonyl (C=O) groups is 1. The Kier molecular flexibility index (Phi) is 3.24. The molecular formula is C15H16N4O3S. The summed E-state index contributed by atoms with van der Waals surface area (Å²) >= 11 is 0. The molecular weight excluding hydrogens is 316 g/mol. The van der Waals surface area contributed by atoms with E-state index in [2.05, 4.69) is 10.3 Å². The summed E-state index contributed by atoms with van der Waals surface area (Å²) in [7, 11) is -3.62. The van der Waals surface area contributed by atoms with Crippen LogP contribution in [0.2, 0.25) is 0 Å². The first-order valence-corrected chi connectivity index (χ1v) is 8.90. The molecule has 2 aromatic rings. The van der Waals surface area contributed by atoms with Gasteiger partial charge in [-0.1, -0.05) is 6.07 Å². The summed E-state index contributed by atoms with van der Waals surface area (Å²) in [6.07, 6.45) is 1.65. The first-order valence-electron chi connectivity index (χ1n) is 7.46. The molecule has 2 saturated heterocycles. The average Bonchev–Trinajstić information content (AvgIpc) is 2.95. The Labute approximate surface area is 134 Å². The van der Waals surface area contributed by atoms with Crippen LogP contribution in [0, 0.1) is 0 Å². The molecule has 23 heavy (non-hydrogen) atoms. The average molecular weight is 332 g/mol. The minimum absolute atomic E-state index is 0.0980. The molecule has 1 aromatic carbocycles. The highest BCUT2D eigenvalue weighted by Gasteiger charge is 2.40. The molecule has 0 saturated carbocycles. The van der Waals surface area contributed by atoms with Crippen LogP contribution in [0.4, 0.5) is 4.79 Å². The van der Waals surface area contributed by atoms with E-state index >= 15 is 0 Å². The van der Waals surface area contributed by atoms with Gasteiger partial charge in [0.25, 0.3) is 0 Å². The number of pyridine rings is 1. The largest absolute Gasteiger partial charge is 0.336 e. The van der Waals surface area contributed by atoms with Crippen LogP contribution in [0.3, 0.4) is 0 Å². The number of fused-ring (bicyclic) bond motifs is 2. The number of piperazine rings is 1. The molecule has 0 spiro atoms. The first kappa shape index (κ1) is 14.4. The van der Waals surface area contributed by atoms with E-state index in [1.54, 1.807) is 41.4 Å². The topological polar surface area (TPSA) is 82.6 Å². The summed E-state index contributed by atoms with van der Waals surface area (Å²) in [5, 5.41) is 3.38. The minimum atomic E-state index is -3.62. The molecule has 2 fully saturated rings. The lowest BCUT2D eigenvalue weighted by atomic mass is 10.2. The van der Waals surface area contributed by atoms with E-state index in [9.17, 15) is 13.2 Å². The van der Waals surface area contributed by atoms with E-state index in [0.717, 1.165) is 0 Å². The summed E-state index contributed by atoms with van der Waals surface area (Å²) < 4.78 is 27.6. The van der Waals surface area contributed by atoms with E-state index in [0.29, 0.717) is 37.1 Å². The molecule has 3 heterocycles. The molecule has 1 N–H and O–H groups in total. The van der Waals surface area contributed by atoms with Gasteiger partial charge in [-0.25, -0.2) is 13.2 Å². The summed E-state index contributed by atoms with van der Waals surface area (Å²) in [5.41, 5.74) is 0.657. The van der Waals surface area contributed by atoms with Gasteiger partial charge in [-0.05, 0) is 24.3 Å². The molecule has 1 atom stereocenters. The molecule has 2 aliphatic heterocycles. The molecule has 0 aliphatic carbocycles. The zero-order valence-corrected chi connectivity index (χ0v) is 13.2. The third-order valence-corrected chi connectivity index (χ3v) is 6.34. The van der Waals surface area contributed by atoms with Gasteiger partial charge in [0.1, 0.15) is 0 Å². The van der Waals surface area contributed by atoms with Crippen molar-refractivity contribution in [3.8, 4) is 0 Å². The summed E-state index contributed by atoms with van der Waals surface area (Å²) in [6.45, 7) is 1.53. The number of amides is 2. The lowest BCUT2D eigenvalue weighted by molar-refractivity contribution is 0.164. The van der Waals surface area contributed by atoms with Crippen molar-refractivity contribution in [2.75, 3.05) is 26.2 Å². The van der Waals surface area contributed by atoms with Gasteiger partial charge in [0, 0.05) is 37.8 Å². The van der Waals surface area contributed by atoms with Crippen LogP contribution in [0.5, 0.6) is 0 Å². The number of carbonyl (C=O) groups excluding carboxylic acids is 1. The number of hydrogen-bond donors (Lipinski definition) is 1. The SMILES string of the molecule is O=C1NC[C@H]2CN(S(=O)(=O)c3cccc4ncccc34)CCN12. The Morgan fingerprint density at radius 1 is 1.17 bits per heavy atom. The van der Waals surface area contributed by atoms with Crippen molar-refractivity contribution in [3.63, 3.8) is 0 Å². The fourth-order valence-corrected chi connectivity index (χ4v) is 4.90. The Hall–Kier alpha value is -2.19. The van der Waals surface area contributed by atoms with Crippen LogP contribution in [0.1, 0.15) is 0 Å². The van der Waals surface area contributed by atoms with E-state index in [1.807, 2.05) is 0 Å². The number of sulfonamides is 1. The van der Waals surface area contributed by atoms with Crippen LogP contribution in [0.15, 0.2) is 41.4 Å². The number of nitrogens with zero attached hydrogens (tertiary/aromatic N) is 3. The Morgan fingerprint density at radius 2 is 2.04 bits per heavy atom. The van der Waals surface area contributed by atoms with Crippen molar-refractivity contribution in [2.45, 2.75) is 10.9 Å². The maximum Gasteiger partial charge on any atom is 0.317 e. The zero-order chi connectivity index (χ0) is 16.0. The van der Waals surface area contributed by atoms with Crippen molar-refractivity contribution < 1.29 is 13.2 Å². The lowest BCUT2D eigenvalue weighted by Crippen LogP contribution is -2.53. The number of aromatic nitrogens is 1. The van der Waals surface area contributed by atoms with Gasteiger partial charge in [0.15, 0.2) is 0 Å². The highest BCUT2D eigenvalue weighted by molar-refractivity contribution is 7.89. The summed E-state index contributed by atoms with van der Waals surface area (Å²) in [5.74, 6) is 0. The first-order chi connectivity index (χ1) is 11.1. The van der Waals surface area contributed by atoms with Gasteiger partial charge in [0.05, 0.1) is 16.5 Å². The Balaban J connectivity index is 1.72. The maximum absolute atomic E-state index is 13.0. The maximum atomic E-state index is 13.0. The second-order valence-electron chi connectivity index (χ2n) is 5.72. The predicted molar refractivity (Wildman–Crippen MR) is 84.4 cm³/mol. The second-order valence-corrected chi connectivity index (χ2v) is 7.63. The monoisotopic (exact) mass is 332 g/mol. The quantitative estimate of drug-likeness (QED) is 0.874. The van der Waals surface area contributed by atoms with Gasteiger partial charge in [-0.3, -0.25) is 4.98 Å². The standard InChI is InChI=1S/C15H16N4O3S/c20-15-17-9-11-10-18(7-8-19(11)15)23(21,22)14-5-1-4-13-12(14)3-2-6-16-13/h1-6,11H,7-10H2,(H,17,20)/t11-/m0/s1. The van der Waals surface area contributed by atoms with E-state index in [1.165, 1.54) is 4.31 Å². The predicted octanol–water partition coefficient (Wildman–Crippen LogP) is 0.633. The molecule has 120 valence electrons. The zero-order valence-electron chi connectivity index (χ0n) is 12.3. The van der Waals surface area contributed by atoms with Gasteiger partial charge < -0.3 is 10.2 Å². The summed E-state index contributed by atoms with van der Waals surface area (Å²) in [4.78, 5) is 17.8. The fourth-order valence-electron chi connectivity index (χ4n) is 3.23. The molecule has 2 aliphatic rings. The molecule has 1 aromatic heterocycles. The van der Waals surface area contributed by atoms with Crippen LogP contribution >= 0.6 is 0 Å². The molecule has 0 bridgehead atoms.